The highest BCUT2D eigenvalue weighted by Gasteiger charge is 2.21. The van der Waals surface area contributed by atoms with E-state index < -0.39 is 0 Å². The summed E-state index contributed by atoms with van der Waals surface area (Å²) in [5.74, 6) is 1.28. The number of nitrogens with one attached hydrogen (secondary N) is 2. The van der Waals surface area contributed by atoms with Gasteiger partial charge in [-0.15, -0.1) is 0 Å². The first kappa shape index (κ1) is 15.0. The largest absolute Gasteiger partial charge is 0.326 e. The molecule has 1 aliphatic heterocycles. The Balaban J connectivity index is 1.86. The summed E-state index contributed by atoms with van der Waals surface area (Å²) in [6.45, 7) is 8.54. The Morgan fingerprint density at radius 2 is 2.00 bits per heavy atom. The molecule has 1 atom stereocenters. The molecule has 1 amide bonds. The van der Waals surface area contributed by atoms with Gasteiger partial charge in [0.1, 0.15) is 0 Å². The molecule has 0 radical (unpaired) electrons. The molecule has 0 aliphatic carbocycles. The van der Waals surface area contributed by atoms with Crippen molar-refractivity contribution in [2.24, 2.45) is 11.8 Å². The van der Waals surface area contributed by atoms with Crippen LogP contribution in [-0.2, 0) is 4.79 Å². The van der Waals surface area contributed by atoms with Crippen molar-refractivity contribution in [3.8, 4) is 0 Å². The standard InChI is InChI=1S/C17H26N2O/c1-12-4-5-16(10-13(12)2)19-17(20)11-14(3)15-6-8-18-9-7-15/h4-5,10,14-15,18H,6-9,11H2,1-3H3,(H,19,20). The minimum absolute atomic E-state index is 0.138. The average Bonchev–Trinajstić information content (AvgIpc) is 2.44. The Morgan fingerprint density at radius 3 is 2.65 bits per heavy atom. The van der Waals surface area contributed by atoms with Gasteiger partial charge in [0.25, 0.3) is 0 Å². The van der Waals surface area contributed by atoms with Gasteiger partial charge < -0.3 is 10.6 Å². The normalized spacial score (nSPS) is 17.8. The number of carbonyl (C=O) groups excluding carboxylic acids is 1. The maximum Gasteiger partial charge on any atom is 0.224 e. The summed E-state index contributed by atoms with van der Waals surface area (Å²) in [6.07, 6.45) is 3.01. The predicted molar refractivity (Wildman–Crippen MR) is 83.9 cm³/mol. The van der Waals surface area contributed by atoms with E-state index in [9.17, 15) is 4.79 Å². The number of carbonyl (C=O) groups is 1. The van der Waals surface area contributed by atoms with Crippen molar-refractivity contribution in [2.75, 3.05) is 18.4 Å². The third-order valence-corrected chi connectivity index (χ3v) is 4.49. The number of amides is 1. The first-order valence-electron chi connectivity index (χ1n) is 7.64. The number of benzene rings is 1. The van der Waals surface area contributed by atoms with E-state index in [2.05, 4.69) is 37.5 Å². The lowest BCUT2D eigenvalue weighted by molar-refractivity contribution is -0.117. The van der Waals surface area contributed by atoms with Crippen LogP contribution in [0.25, 0.3) is 0 Å². The molecule has 1 saturated heterocycles. The topological polar surface area (TPSA) is 41.1 Å². The molecule has 1 aromatic carbocycles. The highest BCUT2D eigenvalue weighted by molar-refractivity contribution is 5.90. The van der Waals surface area contributed by atoms with Crippen LogP contribution in [0.2, 0.25) is 0 Å². The average molecular weight is 274 g/mol. The number of rotatable bonds is 4. The predicted octanol–water partition coefficient (Wildman–Crippen LogP) is 3.27. The van der Waals surface area contributed by atoms with Gasteiger partial charge in [-0.25, -0.2) is 0 Å². The van der Waals surface area contributed by atoms with Crippen LogP contribution in [0.5, 0.6) is 0 Å². The molecule has 110 valence electrons. The van der Waals surface area contributed by atoms with E-state index in [1.165, 1.54) is 24.0 Å². The first-order valence-corrected chi connectivity index (χ1v) is 7.64. The Bertz CT molecular complexity index is 464. The van der Waals surface area contributed by atoms with E-state index in [4.69, 9.17) is 0 Å². The second-order valence-electron chi connectivity index (χ2n) is 6.12. The van der Waals surface area contributed by atoms with Crippen LogP contribution in [0.4, 0.5) is 5.69 Å². The molecular formula is C17H26N2O. The number of aryl methyl sites for hydroxylation is 2. The molecule has 2 N–H and O–H groups in total. The van der Waals surface area contributed by atoms with E-state index in [1.54, 1.807) is 0 Å². The van der Waals surface area contributed by atoms with E-state index in [0.29, 0.717) is 18.3 Å². The van der Waals surface area contributed by atoms with E-state index in [1.807, 2.05) is 12.1 Å². The van der Waals surface area contributed by atoms with Gasteiger partial charge in [0.2, 0.25) is 5.91 Å². The summed E-state index contributed by atoms with van der Waals surface area (Å²) in [7, 11) is 0. The Labute approximate surface area is 122 Å². The van der Waals surface area contributed by atoms with Gasteiger partial charge in [0, 0.05) is 12.1 Å². The zero-order chi connectivity index (χ0) is 14.5. The molecule has 0 aromatic heterocycles. The highest BCUT2D eigenvalue weighted by Crippen LogP contribution is 2.25. The summed E-state index contributed by atoms with van der Waals surface area (Å²) < 4.78 is 0. The number of hydrogen-bond donors (Lipinski definition) is 2. The van der Waals surface area contributed by atoms with Crippen molar-refractivity contribution in [3.63, 3.8) is 0 Å². The fourth-order valence-corrected chi connectivity index (χ4v) is 2.90. The smallest absolute Gasteiger partial charge is 0.224 e. The van der Waals surface area contributed by atoms with E-state index in [-0.39, 0.29) is 5.91 Å². The van der Waals surface area contributed by atoms with E-state index >= 15 is 0 Å². The molecule has 1 aromatic rings. The molecule has 1 heterocycles. The second kappa shape index (κ2) is 6.89. The third-order valence-electron chi connectivity index (χ3n) is 4.49. The quantitative estimate of drug-likeness (QED) is 0.884. The molecule has 3 nitrogen and oxygen atoms in total. The van der Waals surface area contributed by atoms with Gasteiger partial charge in [0.05, 0.1) is 0 Å². The van der Waals surface area contributed by atoms with Crippen LogP contribution in [0.1, 0.15) is 37.3 Å². The molecule has 1 aliphatic rings. The molecule has 1 fully saturated rings. The Kier molecular flexibility index (Phi) is 5.18. The Hall–Kier alpha value is -1.35. The summed E-state index contributed by atoms with van der Waals surface area (Å²) in [5.41, 5.74) is 3.39. The second-order valence-corrected chi connectivity index (χ2v) is 6.12. The molecule has 0 spiro atoms. The summed E-state index contributed by atoms with van der Waals surface area (Å²) in [5, 5.41) is 6.40. The molecule has 20 heavy (non-hydrogen) atoms. The van der Waals surface area contributed by atoms with Crippen LogP contribution in [-0.4, -0.2) is 19.0 Å². The monoisotopic (exact) mass is 274 g/mol. The Morgan fingerprint density at radius 1 is 1.30 bits per heavy atom. The van der Waals surface area contributed by atoms with Crippen molar-refractivity contribution in [3.05, 3.63) is 29.3 Å². The van der Waals surface area contributed by atoms with Crippen molar-refractivity contribution in [2.45, 2.75) is 40.0 Å². The molecular weight excluding hydrogens is 248 g/mol. The number of hydrogen-bond acceptors (Lipinski definition) is 2. The SMILES string of the molecule is Cc1ccc(NC(=O)CC(C)C2CCNCC2)cc1C. The van der Waals surface area contributed by atoms with Gasteiger partial charge in [-0.1, -0.05) is 13.0 Å². The van der Waals surface area contributed by atoms with Crippen molar-refractivity contribution in [1.82, 2.24) is 5.32 Å². The minimum Gasteiger partial charge on any atom is -0.326 e. The fraction of sp³-hybridized carbons (Fsp3) is 0.588. The lowest BCUT2D eigenvalue weighted by Gasteiger charge is -2.27. The molecule has 3 heteroatoms. The van der Waals surface area contributed by atoms with Gasteiger partial charge in [-0.3, -0.25) is 4.79 Å². The van der Waals surface area contributed by atoms with E-state index in [0.717, 1.165) is 18.8 Å². The lowest BCUT2D eigenvalue weighted by Crippen LogP contribution is -2.32. The van der Waals surface area contributed by atoms with Crippen molar-refractivity contribution < 1.29 is 4.79 Å². The lowest BCUT2D eigenvalue weighted by atomic mass is 9.84. The van der Waals surface area contributed by atoms with Crippen LogP contribution < -0.4 is 10.6 Å². The zero-order valence-corrected chi connectivity index (χ0v) is 12.8. The third kappa shape index (κ3) is 4.07. The maximum absolute atomic E-state index is 12.1. The summed E-state index contributed by atoms with van der Waals surface area (Å²) >= 11 is 0. The van der Waals surface area contributed by atoms with Crippen molar-refractivity contribution in [1.29, 1.82) is 0 Å². The first-order chi connectivity index (χ1) is 9.56. The molecule has 0 bridgehead atoms. The molecule has 0 saturated carbocycles. The maximum atomic E-state index is 12.1. The van der Waals surface area contributed by atoms with Gasteiger partial charge in [-0.05, 0) is 74.9 Å². The minimum atomic E-state index is 0.138. The summed E-state index contributed by atoms with van der Waals surface area (Å²) in [4.78, 5) is 12.1. The van der Waals surface area contributed by atoms with Crippen LogP contribution in [0, 0.1) is 25.7 Å². The van der Waals surface area contributed by atoms with Gasteiger partial charge in [0.15, 0.2) is 0 Å². The number of anilines is 1. The highest BCUT2D eigenvalue weighted by atomic mass is 16.1. The van der Waals surface area contributed by atoms with Crippen molar-refractivity contribution >= 4 is 11.6 Å². The summed E-state index contributed by atoms with van der Waals surface area (Å²) in [6, 6.07) is 6.08. The zero-order valence-electron chi connectivity index (χ0n) is 12.8. The van der Waals surface area contributed by atoms with Gasteiger partial charge >= 0.3 is 0 Å². The van der Waals surface area contributed by atoms with Crippen LogP contribution in [0.3, 0.4) is 0 Å². The van der Waals surface area contributed by atoms with Gasteiger partial charge in [-0.2, -0.15) is 0 Å². The fourth-order valence-electron chi connectivity index (χ4n) is 2.90. The molecule has 1 unspecified atom stereocenters. The number of piperidine rings is 1. The van der Waals surface area contributed by atoms with Crippen LogP contribution in [0.15, 0.2) is 18.2 Å². The molecule has 2 rings (SSSR count). The van der Waals surface area contributed by atoms with Crippen LogP contribution >= 0.6 is 0 Å².